The Morgan fingerprint density at radius 1 is 0.806 bits per heavy atom. The molecule has 0 bridgehead atoms. The lowest BCUT2D eigenvalue weighted by Gasteiger charge is -2.14. The van der Waals surface area contributed by atoms with Crippen LogP contribution < -0.4 is 25.2 Å². The molecular formula is C29H36FN3O3. The van der Waals surface area contributed by atoms with Gasteiger partial charge in [0.15, 0.2) is 0 Å². The standard InChI is InChI=1S/C29H36FN3O3/c1-4-5-6-7-8-9-20-35-25-15-17-26(18-16-25)36-29(34)27-19-12-23(21-28(27)30)32-31-22-10-13-24(14-11-22)33(2)3/h10-19,21,31-32H,4-9,20H2,1-3H3. The number of benzene rings is 3. The van der Waals surface area contributed by atoms with Gasteiger partial charge in [-0.2, -0.15) is 0 Å². The molecule has 0 saturated heterocycles. The van der Waals surface area contributed by atoms with E-state index in [1.165, 1.54) is 37.8 Å². The Bertz CT molecular complexity index is 1090. The number of halogens is 1. The summed E-state index contributed by atoms with van der Waals surface area (Å²) in [5.74, 6) is -0.383. The van der Waals surface area contributed by atoms with Gasteiger partial charge in [0.2, 0.25) is 0 Å². The van der Waals surface area contributed by atoms with Crippen LogP contribution in [0.4, 0.5) is 21.5 Å². The van der Waals surface area contributed by atoms with E-state index >= 15 is 0 Å². The molecule has 3 aromatic rings. The number of esters is 1. The van der Waals surface area contributed by atoms with Crippen molar-refractivity contribution in [1.82, 2.24) is 0 Å². The van der Waals surface area contributed by atoms with Gasteiger partial charge in [0.05, 0.1) is 23.5 Å². The smallest absolute Gasteiger partial charge is 0.346 e. The van der Waals surface area contributed by atoms with Gasteiger partial charge in [-0.25, -0.2) is 9.18 Å². The third-order valence-corrected chi connectivity index (χ3v) is 5.72. The Labute approximate surface area is 213 Å². The maximum Gasteiger partial charge on any atom is 0.346 e. The number of nitrogens with one attached hydrogen (secondary N) is 2. The molecule has 6 nitrogen and oxygen atoms in total. The first-order valence-electron chi connectivity index (χ1n) is 12.5. The zero-order valence-electron chi connectivity index (χ0n) is 21.4. The van der Waals surface area contributed by atoms with Gasteiger partial charge < -0.3 is 25.2 Å². The molecule has 3 rings (SSSR count). The third-order valence-electron chi connectivity index (χ3n) is 5.72. The zero-order chi connectivity index (χ0) is 25.8. The van der Waals surface area contributed by atoms with Crippen molar-refractivity contribution in [3.63, 3.8) is 0 Å². The highest BCUT2D eigenvalue weighted by molar-refractivity contribution is 5.91. The van der Waals surface area contributed by atoms with Crippen molar-refractivity contribution in [3.05, 3.63) is 78.1 Å². The lowest BCUT2D eigenvalue weighted by molar-refractivity contribution is 0.0729. The normalized spacial score (nSPS) is 10.6. The fraction of sp³-hybridized carbons (Fsp3) is 0.345. The molecule has 36 heavy (non-hydrogen) atoms. The molecule has 192 valence electrons. The Hall–Kier alpha value is -3.74. The monoisotopic (exact) mass is 493 g/mol. The number of ether oxygens (including phenoxy) is 2. The van der Waals surface area contributed by atoms with Crippen molar-refractivity contribution in [2.45, 2.75) is 45.4 Å². The summed E-state index contributed by atoms with van der Waals surface area (Å²) in [6.45, 7) is 2.87. The van der Waals surface area contributed by atoms with Crippen molar-refractivity contribution < 1.29 is 18.7 Å². The van der Waals surface area contributed by atoms with Crippen LogP contribution in [0, 0.1) is 5.82 Å². The van der Waals surface area contributed by atoms with Gasteiger partial charge in [-0.1, -0.05) is 39.0 Å². The number of hydrogen-bond donors (Lipinski definition) is 2. The van der Waals surface area contributed by atoms with Crippen LogP contribution in [0.1, 0.15) is 55.8 Å². The predicted molar refractivity (Wildman–Crippen MR) is 145 cm³/mol. The average molecular weight is 494 g/mol. The lowest BCUT2D eigenvalue weighted by atomic mass is 10.1. The van der Waals surface area contributed by atoms with Crippen LogP contribution in [0.25, 0.3) is 0 Å². The molecule has 0 spiro atoms. The largest absolute Gasteiger partial charge is 0.494 e. The third kappa shape index (κ3) is 8.48. The van der Waals surface area contributed by atoms with Crippen molar-refractivity contribution in [3.8, 4) is 11.5 Å². The number of nitrogens with zero attached hydrogens (tertiary/aromatic N) is 1. The first-order valence-corrected chi connectivity index (χ1v) is 12.5. The van der Waals surface area contributed by atoms with Gasteiger partial charge in [-0.05, 0) is 73.2 Å². The van der Waals surface area contributed by atoms with E-state index in [1.807, 2.05) is 43.3 Å². The quantitative estimate of drug-likeness (QED) is 0.106. The fourth-order valence-electron chi connectivity index (χ4n) is 3.58. The number of hydrogen-bond acceptors (Lipinski definition) is 6. The molecule has 7 heteroatoms. The maximum atomic E-state index is 14.6. The first kappa shape index (κ1) is 26.9. The van der Waals surface area contributed by atoms with Crippen LogP contribution >= 0.6 is 0 Å². The summed E-state index contributed by atoms with van der Waals surface area (Å²) < 4.78 is 25.7. The van der Waals surface area contributed by atoms with E-state index in [9.17, 15) is 9.18 Å². The minimum Gasteiger partial charge on any atom is -0.494 e. The summed E-state index contributed by atoms with van der Waals surface area (Å²) in [4.78, 5) is 14.5. The highest BCUT2D eigenvalue weighted by atomic mass is 19.1. The zero-order valence-corrected chi connectivity index (χ0v) is 21.4. The van der Waals surface area contributed by atoms with Gasteiger partial charge in [0.1, 0.15) is 17.3 Å². The molecule has 0 atom stereocenters. The molecule has 0 amide bonds. The molecule has 0 radical (unpaired) electrons. The molecule has 3 aromatic carbocycles. The number of rotatable bonds is 14. The second-order valence-electron chi connectivity index (χ2n) is 8.86. The van der Waals surface area contributed by atoms with Crippen LogP contribution in [0.2, 0.25) is 0 Å². The molecule has 0 fully saturated rings. The summed E-state index contributed by atoms with van der Waals surface area (Å²) in [5, 5.41) is 0. The minimum atomic E-state index is -0.757. The molecule has 0 aromatic heterocycles. The number of hydrazine groups is 1. The maximum absolute atomic E-state index is 14.6. The average Bonchev–Trinajstić information content (AvgIpc) is 2.88. The second-order valence-corrected chi connectivity index (χ2v) is 8.86. The molecule has 0 heterocycles. The molecule has 0 aliphatic heterocycles. The Morgan fingerprint density at radius 3 is 2.08 bits per heavy atom. The van der Waals surface area contributed by atoms with Crippen molar-refractivity contribution in [2.24, 2.45) is 0 Å². The van der Waals surface area contributed by atoms with E-state index in [0.717, 1.165) is 24.2 Å². The van der Waals surface area contributed by atoms with Gasteiger partial charge in [0.25, 0.3) is 0 Å². The summed E-state index contributed by atoms with van der Waals surface area (Å²) in [7, 11) is 3.94. The van der Waals surface area contributed by atoms with Gasteiger partial charge in [-0.3, -0.25) is 0 Å². The first-order chi connectivity index (χ1) is 17.5. The van der Waals surface area contributed by atoms with Crippen molar-refractivity contribution >= 4 is 23.0 Å². The van der Waals surface area contributed by atoms with E-state index in [1.54, 1.807) is 30.3 Å². The summed E-state index contributed by atoms with van der Waals surface area (Å²) in [6, 6.07) is 18.8. The van der Waals surface area contributed by atoms with E-state index in [-0.39, 0.29) is 5.56 Å². The molecule has 0 aliphatic carbocycles. The summed E-state index contributed by atoms with van der Waals surface area (Å²) in [6.07, 6.45) is 7.22. The molecule has 0 aliphatic rings. The Morgan fingerprint density at radius 2 is 1.42 bits per heavy atom. The van der Waals surface area contributed by atoms with E-state index in [4.69, 9.17) is 9.47 Å². The van der Waals surface area contributed by atoms with Crippen LogP contribution in [-0.4, -0.2) is 26.7 Å². The fourth-order valence-corrected chi connectivity index (χ4v) is 3.58. The van der Waals surface area contributed by atoms with Crippen LogP contribution in [-0.2, 0) is 0 Å². The second kappa shape index (κ2) is 14.0. The predicted octanol–water partition coefficient (Wildman–Crippen LogP) is 7.29. The van der Waals surface area contributed by atoms with Gasteiger partial charge in [-0.15, -0.1) is 0 Å². The van der Waals surface area contributed by atoms with Crippen LogP contribution in [0.15, 0.2) is 66.7 Å². The lowest BCUT2D eigenvalue weighted by Crippen LogP contribution is -2.13. The van der Waals surface area contributed by atoms with Gasteiger partial charge in [0, 0.05) is 19.8 Å². The number of carbonyl (C=O) groups excluding carboxylic acids is 1. The molecular weight excluding hydrogens is 457 g/mol. The van der Waals surface area contributed by atoms with E-state index in [0.29, 0.717) is 23.8 Å². The Balaban J connectivity index is 1.46. The SMILES string of the molecule is CCCCCCCCOc1ccc(OC(=O)c2ccc(NNc3ccc(N(C)C)cc3)cc2F)cc1. The molecule has 2 N–H and O–H groups in total. The topological polar surface area (TPSA) is 62.8 Å². The number of anilines is 3. The number of carbonyl (C=O) groups is 1. The van der Waals surface area contributed by atoms with Crippen molar-refractivity contribution in [2.75, 3.05) is 36.5 Å². The van der Waals surface area contributed by atoms with E-state index in [2.05, 4.69) is 17.8 Å². The summed E-state index contributed by atoms with van der Waals surface area (Å²) in [5.41, 5.74) is 8.19. The minimum absolute atomic E-state index is 0.140. The van der Waals surface area contributed by atoms with Gasteiger partial charge >= 0.3 is 5.97 Å². The molecule has 0 unspecified atom stereocenters. The van der Waals surface area contributed by atoms with Crippen LogP contribution in [0.3, 0.4) is 0 Å². The highest BCUT2D eigenvalue weighted by Gasteiger charge is 2.15. The van der Waals surface area contributed by atoms with E-state index < -0.39 is 11.8 Å². The molecule has 0 saturated carbocycles. The number of unbranched alkanes of at least 4 members (excludes halogenated alkanes) is 5. The Kier molecular flexibility index (Phi) is 10.4. The summed E-state index contributed by atoms with van der Waals surface area (Å²) >= 11 is 0. The van der Waals surface area contributed by atoms with Crippen molar-refractivity contribution in [1.29, 1.82) is 0 Å². The highest BCUT2D eigenvalue weighted by Crippen LogP contribution is 2.22. The van der Waals surface area contributed by atoms with Crippen LogP contribution in [0.5, 0.6) is 11.5 Å².